The van der Waals surface area contributed by atoms with Crippen molar-refractivity contribution in [2.24, 2.45) is 0 Å². The molecule has 0 radical (unpaired) electrons. The van der Waals surface area contributed by atoms with Crippen LogP contribution in [0.15, 0.2) is 12.1 Å². The first kappa shape index (κ1) is 10.1. The van der Waals surface area contributed by atoms with Gasteiger partial charge in [-0.3, -0.25) is 0 Å². The minimum atomic E-state index is 0.670. The fourth-order valence-electron chi connectivity index (χ4n) is 1.73. The number of rotatable bonds is 3. The maximum absolute atomic E-state index is 5.88. The van der Waals surface area contributed by atoms with Crippen LogP contribution in [-0.2, 0) is 6.42 Å². The Morgan fingerprint density at radius 1 is 1.47 bits per heavy atom. The van der Waals surface area contributed by atoms with Crippen molar-refractivity contribution < 1.29 is 9.47 Å². The van der Waals surface area contributed by atoms with Gasteiger partial charge in [-0.25, -0.2) is 0 Å². The lowest BCUT2D eigenvalue weighted by Gasteiger charge is -2.19. The fraction of sp³-hybridized carbons (Fsp3) is 0.500. The molecule has 0 bridgehead atoms. The molecule has 0 fully saturated rings. The number of benzene rings is 1. The van der Waals surface area contributed by atoms with Crippen molar-refractivity contribution in [2.75, 3.05) is 18.9 Å². The molecule has 2 N–H and O–H groups in total. The zero-order valence-electron chi connectivity index (χ0n) is 9.08. The topological polar surface area (TPSA) is 44.5 Å². The quantitative estimate of drug-likeness (QED) is 0.774. The van der Waals surface area contributed by atoms with Gasteiger partial charge in [0, 0.05) is 6.07 Å². The zero-order chi connectivity index (χ0) is 10.7. The van der Waals surface area contributed by atoms with Crippen LogP contribution in [0.25, 0.3) is 0 Å². The van der Waals surface area contributed by atoms with Crippen LogP contribution < -0.4 is 15.2 Å². The van der Waals surface area contributed by atoms with Gasteiger partial charge in [0.25, 0.3) is 0 Å². The van der Waals surface area contributed by atoms with Crippen molar-refractivity contribution in [3.05, 3.63) is 17.7 Å². The van der Waals surface area contributed by atoms with Crippen LogP contribution in [0.1, 0.15) is 25.3 Å². The molecule has 1 aliphatic heterocycles. The van der Waals surface area contributed by atoms with E-state index in [2.05, 4.69) is 6.92 Å². The SMILES string of the molecule is CCCOc1cc2c(cc1N)OCCC2. The van der Waals surface area contributed by atoms with Crippen molar-refractivity contribution >= 4 is 5.69 Å². The molecule has 15 heavy (non-hydrogen) atoms. The molecule has 0 unspecified atom stereocenters. The molecule has 0 saturated carbocycles. The normalized spacial score (nSPS) is 14.2. The van der Waals surface area contributed by atoms with Crippen LogP contribution in [0.3, 0.4) is 0 Å². The molecule has 1 heterocycles. The molecule has 0 aromatic heterocycles. The Kier molecular flexibility index (Phi) is 2.99. The number of hydrogen-bond acceptors (Lipinski definition) is 3. The second-order valence-corrected chi connectivity index (χ2v) is 3.80. The first-order chi connectivity index (χ1) is 7.31. The van der Waals surface area contributed by atoms with E-state index in [4.69, 9.17) is 15.2 Å². The van der Waals surface area contributed by atoms with Gasteiger partial charge in [-0.1, -0.05) is 6.92 Å². The van der Waals surface area contributed by atoms with Crippen molar-refractivity contribution in [3.8, 4) is 11.5 Å². The molecule has 1 aliphatic rings. The third kappa shape index (κ3) is 2.17. The van der Waals surface area contributed by atoms with Gasteiger partial charge in [-0.2, -0.15) is 0 Å². The van der Waals surface area contributed by atoms with Gasteiger partial charge in [0.1, 0.15) is 11.5 Å². The highest BCUT2D eigenvalue weighted by Gasteiger charge is 2.13. The second kappa shape index (κ2) is 4.43. The summed E-state index contributed by atoms with van der Waals surface area (Å²) in [7, 11) is 0. The Morgan fingerprint density at radius 2 is 2.33 bits per heavy atom. The largest absolute Gasteiger partial charge is 0.493 e. The summed E-state index contributed by atoms with van der Waals surface area (Å²) in [6.07, 6.45) is 3.12. The molecular formula is C12H17NO2. The Bertz CT molecular complexity index is 350. The van der Waals surface area contributed by atoms with E-state index in [0.717, 1.165) is 37.4 Å². The lowest BCUT2D eigenvalue weighted by atomic mass is 10.1. The Hall–Kier alpha value is -1.38. The van der Waals surface area contributed by atoms with E-state index in [-0.39, 0.29) is 0 Å². The van der Waals surface area contributed by atoms with E-state index < -0.39 is 0 Å². The Balaban J connectivity index is 2.24. The minimum absolute atomic E-state index is 0.670. The van der Waals surface area contributed by atoms with Crippen molar-refractivity contribution in [1.82, 2.24) is 0 Å². The van der Waals surface area contributed by atoms with E-state index in [1.54, 1.807) is 0 Å². The van der Waals surface area contributed by atoms with Gasteiger partial charge in [-0.05, 0) is 30.9 Å². The van der Waals surface area contributed by atoms with E-state index in [1.165, 1.54) is 5.56 Å². The van der Waals surface area contributed by atoms with Gasteiger partial charge in [0.15, 0.2) is 0 Å². The van der Waals surface area contributed by atoms with Gasteiger partial charge < -0.3 is 15.2 Å². The molecule has 0 aliphatic carbocycles. The Labute approximate surface area is 90.2 Å². The molecule has 1 aromatic rings. The monoisotopic (exact) mass is 207 g/mol. The summed E-state index contributed by atoms with van der Waals surface area (Å²) in [6, 6.07) is 3.89. The standard InChI is InChI=1S/C12H17NO2/c1-2-5-14-12-7-9-4-3-6-15-11(9)8-10(12)13/h7-8H,2-6,13H2,1H3. The van der Waals surface area contributed by atoms with Crippen molar-refractivity contribution in [3.63, 3.8) is 0 Å². The number of anilines is 1. The average Bonchev–Trinajstić information content (AvgIpc) is 2.26. The van der Waals surface area contributed by atoms with E-state index in [0.29, 0.717) is 12.3 Å². The fourth-order valence-corrected chi connectivity index (χ4v) is 1.73. The lowest BCUT2D eigenvalue weighted by molar-refractivity contribution is 0.285. The predicted octanol–water partition coefficient (Wildman–Crippen LogP) is 2.38. The Morgan fingerprint density at radius 3 is 3.13 bits per heavy atom. The highest BCUT2D eigenvalue weighted by molar-refractivity contribution is 5.59. The molecule has 1 aromatic carbocycles. The summed E-state index contributed by atoms with van der Waals surface area (Å²) in [5.74, 6) is 1.71. The van der Waals surface area contributed by atoms with Gasteiger partial charge in [0.05, 0.1) is 18.9 Å². The highest BCUT2D eigenvalue weighted by atomic mass is 16.5. The van der Waals surface area contributed by atoms with E-state index in [9.17, 15) is 0 Å². The lowest BCUT2D eigenvalue weighted by Crippen LogP contribution is -2.09. The summed E-state index contributed by atoms with van der Waals surface area (Å²) in [6.45, 7) is 3.59. The molecule has 3 heteroatoms. The third-order valence-corrected chi connectivity index (χ3v) is 2.50. The van der Waals surface area contributed by atoms with Crippen molar-refractivity contribution in [1.29, 1.82) is 0 Å². The zero-order valence-corrected chi connectivity index (χ0v) is 9.08. The van der Waals surface area contributed by atoms with Crippen LogP contribution in [0.4, 0.5) is 5.69 Å². The van der Waals surface area contributed by atoms with Crippen LogP contribution in [-0.4, -0.2) is 13.2 Å². The van der Waals surface area contributed by atoms with Crippen LogP contribution >= 0.6 is 0 Å². The molecule has 82 valence electrons. The van der Waals surface area contributed by atoms with Gasteiger partial charge >= 0.3 is 0 Å². The number of hydrogen-bond donors (Lipinski definition) is 1. The van der Waals surface area contributed by atoms with Gasteiger partial charge in [-0.15, -0.1) is 0 Å². The second-order valence-electron chi connectivity index (χ2n) is 3.80. The highest BCUT2D eigenvalue weighted by Crippen LogP contribution is 2.33. The molecule has 0 atom stereocenters. The summed E-state index contributed by atoms with van der Waals surface area (Å²) < 4.78 is 11.1. The number of fused-ring (bicyclic) bond motifs is 1. The summed E-state index contributed by atoms with van der Waals surface area (Å²) in [4.78, 5) is 0. The number of ether oxygens (including phenoxy) is 2. The van der Waals surface area contributed by atoms with Crippen LogP contribution in [0.2, 0.25) is 0 Å². The predicted molar refractivity (Wildman–Crippen MR) is 60.5 cm³/mol. The first-order valence-electron chi connectivity index (χ1n) is 5.49. The summed E-state index contributed by atoms with van der Waals surface area (Å²) in [5.41, 5.74) is 7.76. The van der Waals surface area contributed by atoms with E-state index >= 15 is 0 Å². The molecule has 0 spiro atoms. The molecule has 3 nitrogen and oxygen atoms in total. The average molecular weight is 207 g/mol. The van der Waals surface area contributed by atoms with Gasteiger partial charge in [0.2, 0.25) is 0 Å². The first-order valence-corrected chi connectivity index (χ1v) is 5.49. The minimum Gasteiger partial charge on any atom is -0.493 e. The molecule has 0 saturated heterocycles. The smallest absolute Gasteiger partial charge is 0.142 e. The molecular weight excluding hydrogens is 190 g/mol. The molecule has 0 amide bonds. The van der Waals surface area contributed by atoms with Crippen molar-refractivity contribution in [2.45, 2.75) is 26.2 Å². The van der Waals surface area contributed by atoms with E-state index in [1.807, 2.05) is 12.1 Å². The number of nitrogens with two attached hydrogens (primary N) is 1. The summed E-state index contributed by atoms with van der Waals surface area (Å²) >= 11 is 0. The third-order valence-electron chi connectivity index (χ3n) is 2.50. The summed E-state index contributed by atoms with van der Waals surface area (Å²) in [5, 5.41) is 0. The number of nitrogen functional groups attached to an aromatic ring is 1. The maximum Gasteiger partial charge on any atom is 0.142 e. The van der Waals surface area contributed by atoms with Crippen LogP contribution in [0.5, 0.6) is 11.5 Å². The number of aryl methyl sites for hydroxylation is 1. The maximum atomic E-state index is 5.88. The molecule has 2 rings (SSSR count). The van der Waals surface area contributed by atoms with Crippen LogP contribution in [0, 0.1) is 0 Å².